The van der Waals surface area contributed by atoms with Gasteiger partial charge in [-0.1, -0.05) is 24.3 Å². The van der Waals surface area contributed by atoms with Crippen molar-refractivity contribution in [3.05, 3.63) is 42.9 Å². The summed E-state index contributed by atoms with van der Waals surface area (Å²) >= 11 is 0. The minimum Gasteiger partial charge on any atom is -0.257 e. The highest BCUT2D eigenvalue weighted by molar-refractivity contribution is 5.84. The van der Waals surface area contributed by atoms with Crippen LogP contribution < -0.4 is 0 Å². The van der Waals surface area contributed by atoms with Crippen molar-refractivity contribution >= 4 is 10.8 Å². The average molecular weight is 195 g/mol. The quantitative estimate of drug-likeness (QED) is 0.644. The van der Waals surface area contributed by atoms with E-state index in [9.17, 15) is 0 Å². The lowest BCUT2D eigenvalue weighted by Crippen LogP contribution is -1.86. The van der Waals surface area contributed by atoms with Crippen LogP contribution in [0.3, 0.4) is 0 Å². The Hall–Kier alpha value is -2.23. The van der Waals surface area contributed by atoms with Crippen LogP contribution in [0.2, 0.25) is 0 Å². The van der Waals surface area contributed by atoms with Gasteiger partial charge >= 0.3 is 0 Å². The van der Waals surface area contributed by atoms with Crippen molar-refractivity contribution < 1.29 is 0 Å². The average Bonchev–Trinajstić information content (AvgIpc) is 2.82. The molecule has 0 unspecified atom stereocenters. The van der Waals surface area contributed by atoms with E-state index in [1.165, 1.54) is 0 Å². The number of benzene rings is 1. The first-order valence-corrected chi connectivity index (χ1v) is 4.57. The molecule has 71 valence electrons. The molecule has 1 N–H and O–H groups in total. The fourth-order valence-corrected chi connectivity index (χ4v) is 1.51. The van der Waals surface area contributed by atoms with Crippen molar-refractivity contribution in [2.24, 2.45) is 0 Å². The molecule has 0 aliphatic rings. The largest absolute Gasteiger partial charge is 0.257 e. The van der Waals surface area contributed by atoms with E-state index in [1.54, 1.807) is 0 Å². The summed E-state index contributed by atoms with van der Waals surface area (Å²) < 4.78 is 0. The fraction of sp³-hybridized carbons (Fsp3) is 0. The number of aromatic nitrogens is 4. The fourth-order valence-electron chi connectivity index (χ4n) is 1.51. The summed E-state index contributed by atoms with van der Waals surface area (Å²) in [6, 6.07) is 10.0. The SMILES string of the molecule is [c]1n[nH]c(-c2cc3ccccc3cn2)n1. The van der Waals surface area contributed by atoms with Gasteiger partial charge in [-0.15, -0.1) is 5.10 Å². The number of hydrogen-bond donors (Lipinski definition) is 1. The smallest absolute Gasteiger partial charge is 0.221 e. The molecule has 0 aliphatic heterocycles. The monoisotopic (exact) mass is 195 g/mol. The zero-order chi connectivity index (χ0) is 10.1. The van der Waals surface area contributed by atoms with Gasteiger partial charge in [0.1, 0.15) is 5.69 Å². The van der Waals surface area contributed by atoms with E-state index in [1.807, 2.05) is 36.5 Å². The number of fused-ring (bicyclic) bond motifs is 1. The van der Waals surface area contributed by atoms with E-state index < -0.39 is 0 Å². The Kier molecular flexibility index (Phi) is 1.71. The molecule has 3 rings (SSSR count). The normalized spacial score (nSPS) is 10.7. The van der Waals surface area contributed by atoms with Gasteiger partial charge in [-0.05, 0) is 11.5 Å². The molecule has 4 heteroatoms. The second-order valence-electron chi connectivity index (χ2n) is 3.20. The molecular formula is C11H7N4. The first-order chi connectivity index (χ1) is 7.43. The number of pyridine rings is 1. The van der Waals surface area contributed by atoms with E-state index in [2.05, 4.69) is 26.5 Å². The van der Waals surface area contributed by atoms with Crippen molar-refractivity contribution in [1.82, 2.24) is 20.2 Å². The van der Waals surface area contributed by atoms with Crippen molar-refractivity contribution in [3.8, 4) is 11.5 Å². The van der Waals surface area contributed by atoms with Gasteiger partial charge in [0, 0.05) is 11.6 Å². The Morgan fingerprint density at radius 3 is 2.80 bits per heavy atom. The van der Waals surface area contributed by atoms with Crippen molar-refractivity contribution in [1.29, 1.82) is 0 Å². The highest BCUT2D eigenvalue weighted by atomic mass is 15.2. The Bertz CT molecular complexity index is 586. The Balaban J connectivity index is 2.22. The van der Waals surface area contributed by atoms with Crippen LogP contribution in [0.15, 0.2) is 36.5 Å². The van der Waals surface area contributed by atoms with Crippen LogP contribution in [0.4, 0.5) is 0 Å². The molecule has 3 aromatic rings. The molecule has 0 atom stereocenters. The van der Waals surface area contributed by atoms with Crippen molar-refractivity contribution in [2.75, 3.05) is 0 Å². The summed E-state index contributed by atoms with van der Waals surface area (Å²) in [5.74, 6) is 0.640. The predicted molar refractivity (Wildman–Crippen MR) is 56.0 cm³/mol. The number of H-pyrrole nitrogens is 1. The van der Waals surface area contributed by atoms with Gasteiger partial charge in [-0.25, -0.2) is 4.98 Å². The topological polar surface area (TPSA) is 54.5 Å². The van der Waals surface area contributed by atoms with Crippen LogP contribution in [-0.2, 0) is 0 Å². The predicted octanol–water partition coefficient (Wildman–Crippen LogP) is 1.82. The molecule has 0 spiro atoms. The highest BCUT2D eigenvalue weighted by Crippen LogP contribution is 2.18. The molecule has 15 heavy (non-hydrogen) atoms. The van der Waals surface area contributed by atoms with Gasteiger partial charge in [0.05, 0.1) is 0 Å². The van der Waals surface area contributed by atoms with Gasteiger partial charge in [-0.2, -0.15) is 0 Å². The number of aromatic amines is 1. The van der Waals surface area contributed by atoms with Gasteiger partial charge < -0.3 is 0 Å². The summed E-state index contributed by atoms with van der Waals surface area (Å²) in [5.41, 5.74) is 0.780. The number of nitrogens with one attached hydrogen (secondary N) is 1. The van der Waals surface area contributed by atoms with Crippen LogP contribution >= 0.6 is 0 Å². The van der Waals surface area contributed by atoms with Gasteiger partial charge in [0.25, 0.3) is 0 Å². The number of nitrogens with zero attached hydrogens (tertiary/aromatic N) is 3. The molecule has 0 bridgehead atoms. The van der Waals surface area contributed by atoms with Crippen LogP contribution in [0.25, 0.3) is 22.3 Å². The molecule has 0 fully saturated rings. The first-order valence-electron chi connectivity index (χ1n) is 4.57. The van der Waals surface area contributed by atoms with Gasteiger partial charge in [0.15, 0.2) is 5.82 Å². The maximum absolute atomic E-state index is 4.30. The first kappa shape index (κ1) is 8.11. The summed E-state index contributed by atoms with van der Waals surface area (Å²) in [6.07, 6.45) is 4.31. The third-order valence-corrected chi connectivity index (χ3v) is 2.25. The summed E-state index contributed by atoms with van der Waals surface area (Å²) in [6.45, 7) is 0. The second-order valence-corrected chi connectivity index (χ2v) is 3.20. The van der Waals surface area contributed by atoms with E-state index in [-0.39, 0.29) is 0 Å². The summed E-state index contributed by atoms with van der Waals surface area (Å²) in [7, 11) is 0. The zero-order valence-corrected chi connectivity index (χ0v) is 7.81. The summed E-state index contributed by atoms with van der Waals surface area (Å²) in [4.78, 5) is 8.23. The summed E-state index contributed by atoms with van der Waals surface area (Å²) in [5, 5.41) is 8.67. The maximum Gasteiger partial charge on any atom is 0.221 e. The number of hydrogen-bond acceptors (Lipinski definition) is 3. The van der Waals surface area contributed by atoms with E-state index in [0.717, 1.165) is 16.5 Å². The van der Waals surface area contributed by atoms with Crippen LogP contribution in [0, 0.1) is 6.33 Å². The highest BCUT2D eigenvalue weighted by Gasteiger charge is 2.02. The lowest BCUT2D eigenvalue weighted by molar-refractivity contribution is 1.08. The van der Waals surface area contributed by atoms with Gasteiger partial charge in [-0.3, -0.25) is 10.1 Å². The molecule has 2 heterocycles. The molecule has 4 nitrogen and oxygen atoms in total. The Morgan fingerprint density at radius 1 is 1.13 bits per heavy atom. The zero-order valence-electron chi connectivity index (χ0n) is 7.81. The van der Waals surface area contributed by atoms with Crippen LogP contribution in [0.1, 0.15) is 0 Å². The van der Waals surface area contributed by atoms with Crippen LogP contribution in [-0.4, -0.2) is 20.2 Å². The van der Waals surface area contributed by atoms with Crippen molar-refractivity contribution in [3.63, 3.8) is 0 Å². The van der Waals surface area contributed by atoms with Crippen molar-refractivity contribution in [2.45, 2.75) is 0 Å². The molecule has 1 aromatic carbocycles. The molecule has 2 aromatic heterocycles. The van der Waals surface area contributed by atoms with E-state index in [0.29, 0.717) is 5.82 Å². The molecule has 0 saturated heterocycles. The van der Waals surface area contributed by atoms with E-state index >= 15 is 0 Å². The lowest BCUT2D eigenvalue weighted by Gasteiger charge is -1.98. The maximum atomic E-state index is 4.30. The second kappa shape index (κ2) is 3.16. The molecule has 1 radical (unpaired) electrons. The van der Waals surface area contributed by atoms with Crippen LogP contribution in [0.5, 0.6) is 0 Å². The lowest BCUT2D eigenvalue weighted by atomic mass is 10.1. The van der Waals surface area contributed by atoms with E-state index in [4.69, 9.17) is 0 Å². The molecule has 0 saturated carbocycles. The Labute approximate surface area is 86.0 Å². The molecule has 0 aliphatic carbocycles. The number of rotatable bonds is 1. The minimum absolute atomic E-state index is 0.640. The molecule has 0 amide bonds. The molecular weight excluding hydrogens is 188 g/mol. The third kappa shape index (κ3) is 1.36. The Morgan fingerprint density at radius 2 is 2.00 bits per heavy atom. The minimum atomic E-state index is 0.640. The standard InChI is InChI=1S/C11H7N4/c1-2-4-9-6-12-10(5-8(9)3-1)11-13-7-14-15-11/h1-6H,(H,13,14,15). The third-order valence-electron chi connectivity index (χ3n) is 2.25. The van der Waals surface area contributed by atoms with Gasteiger partial charge in [0.2, 0.25) is 6.33 Å².